The Labute approximate surface area is 180 Å². The molecule has 3 nitrogen and oxygen atoms in total. The molecule has 30 heavy (non-hydrogen) atoms. The Morgan fingerprint density at radius 2 is 1.50 bits per heavy atom. The monoisotopic (exact) mass is 398 g/mol. The first-order valence-corrected chi connectivity index (χ1v) is 10.5. The minimum absolute atomic E-state index is 0.615. The number of nitrogens with zero attached hydrogens (tertiary/aromatic N) is 2. The van der Waals surface area contributed by atoms with E-state index in [0.717, 1.165) is 49.2 Å². The molecule has 0 heterocycles. The summed E-state index contributed by atoms with van der Waals surface area (Å²) in [6.45, 7) is 1.93. The van der Waals surface area contributed by atoms with Crippen LogP contribution in [0, 0.1) is 11.3 Å². The SMILES string of the molecule is COc1cccc(CCN(C)CCCC(C#N)(c2ccccc2)c2ccccc2)c1. The molecule has 0 aliphatic rings. The number of rotatable bonds is 10. The number of nitriles is 1. The van der Waals surface area contributed by atoms with Crippen LogP contribution < -0.4 is 4.74 Å². The fourth-order valence-corrected chi connectivity index (χ4v) is 3.96. The molecule has 0 spiro atoms. The summed E-state index contributed by atoms with van der Waals surface area (Å²) in [6, 6.07) is 31.3. The number of hydrogen-bond acceptors (Lipinski definition) is 3. The van der Waals surface area contributed by atoms with Crippen molar-refractivity contribution < 1.29 is 4.74 Å². The van der Waals surface area contributed by atoms with E-state index in [-0.39, 0.29) is 0 Å². The van der Waals surface area contributed by atoms with Crippen molar-refractivity contribution in [2.24, 2.45) is 0 Å². The maximum Gasteiger partial charge on any atom is 0.119 e. The molecular formula is C27H30N2O. The molecule has 0 saturated carbocycles. The summed E-state index contributed by atoms with van der Waals surface area (Å²) in [5.74, 6) is 0.902. The molecule has 0 aliphatic heterocycles. The van der Waals surface area contributed by atoms with Gasteiger partial charge in [-0.1, -0.05) is 72.8 Å². The highest BCUT2D eigenvalue weighted by molar-refractivity contribution is 5.45. The van der Waals surface area contributed by atoms with Gasteiger partial charge in [-0.2, -0.15) is 5.26 Å². The van der Waals surface area contributed by atoms with Gasteiger partial charge in [-0.25, -0.2) is 0 Å². The quantitative estimate of drug-likeness (QED) is 0.455. The van der Waals surface area contributed by atoms with E-state index >= 15 is 0 Å². The molecule has 0 aliphatic carbocycles. The third-order valence-corrected chi connectivity index (χ3v) is 5.73. The van der Waals surface area contributed by atoms with Crippen molar-refractivity contribution in [3.8, 4) is 11.8 Å². The Morgan fingerprint density at radius 1 is 0.867 bits per heavy atom. The Bertz CT molecular complexity index is 908. The number of benzene rings is 3. The third-order valence-electron chi connectivity index (χ3n) is 5.73. The Kier molecular flexibility index (Phi) is 7.65. The molecule has 0 atom stereocenters. The lowest BCUT2D eigenvalue weighted by molar-refractivity contribution is 0.321. The summed E-state index contributed by atoms with van der Waals surface area (Å²) in [5.41, 5.74) is 2.80. The fourth-order valence-electron chi connectivity index (χ4n) is 3.96. The Morgan fingerprint density at radius 3 is 2.07 bits per heavy atom. The van der Waals surface area contributed by atoms with E-state index in [1.807, 2.05) is 48.5 Å². The summed E-state index contributed by atoms with van der Waals surface area (Å²) >= 11 is 0. The van der Waals surface area contributed by atoms with Crippen molar-refractivity contribution >= 4 is 0 Å². The molecule has 0 saturated heterocycles. The molecular weight excluding hydrogens is 368 g/mol. The highest BCUT2D eigenvalue weighted by atomic mass is 16.5. The van der Waals surface area contributed by atoms with Gasteiger partial charge in [0.15, 0.2) is 0 Å². The molecule has 0 amide bonds. The molecule has 3 heteroatoms. The van der Waals surface area contributed by atoms with E-state index in [0.29, 0.717) is 0 Å². The predicted molar refractivity (Wildman–Crippen MR) is 123 cm³/mol. The van der Waals surface area contributed by atoms with E-state index in [1.54, 1.807) is 7.11 Å². The lowest BCUT2D eigenvalue weighted by atomic mass is 9.72. The van der Waals surface area contributed by atoms with Crippen molar-refractivity contribution in [3.05, 3.63) is 102 Å². The summed E-state index contributed by atoms with van der Waals surface area (Å²) in [7, 11) is 3.85. The Hall–Kier alpha value is -3.09. The smallest absolute Gasteiger partial charge is 0.119 e. The molecule has 0 bridgehead atoms. The van der Waals surface area contributed by atoms with Gasteiger partial charge in [0.2, 0.25) is 0 Å². The molecule has 3 rings (SSSR count). The lowest BCUT2D eigenvalue weighted by Gasteiger charge is -2.29. The number of likely N-dealkylation sites (N-methyl/N-ethyl adjacent to an activating group) is 1. The standard InChI is InChI=1S/C27H30N2O/c1-29(20-17-23-11-9-16-26(21-23)30-2)19-10-18-27(22-28,24-12-5-3-6-13-24)25-14-7-4-8-15-25/h3-9,11-16,21H,10,17-20H2,1-2H3. The van der Waals surface area contributed by atoms with Gasteiger partial charge in [0.05, 0.1) is 13.2 Å². The lowest BCUT2D eigenvalue weighted by Crippen LogP contribution is -2.29. The normalized spacial score (nSPS) is 11.3. The number of hydrogen-bond donors (Lipinski definition) is 0. The summed E-state index contributed by atoms with van der Waals surface area (Å²) in [5, 5.41) is 10.3. The van der Waals surface area contributed by atoms with Gasteiger partial charge in [-0.15, -0.1) is 0 Å². The van der Waals surface area contributed by atoms with Gasteiger partial charge < -0.3 is 9.64 Å². The molecule has 3 aromatic rings. The molecule has 0 aromatic heterocycles. The topological polar surface area (TPSA) is 36.3 Å². The van der Waals surface area contributed by atoms with E-state index in [4.69, 9.17) is 4.74 Å². The van der Waals surface area contributed by atoms with Crippen LogP contribution in [-0.4, -0.2) is 32.1 Å². The zero-order valence-corrected chi connectivity index (χ0v) is 17.9. The first kappa shape index (κ1) is 21.6. The molecule has 0 radical (unpaired) electrons. The average molecular weight is 399 g/mol. The Balaban J connectivity index is 1.64. The zero-order valence-electron chi connectivity index (χ0n) is 17.9. The van der Waals surface area contributed by atoms with Gasteiger partial charge in [0.25, 0.3) is 0 Å². The van der Waals surface area contributed by atoms with Crippen LogP contribution in [-0.2, 0) is 11.8 Å². The van der Waals surface area contributed by atoms with Crippen LogP contribution in [0.2, 0.25) is 0 Å². The van der Waals surface area contributed by atoms with E-state index in [1.165, 1.54) is 5.56 Å². The van der Waals surface area contributed by atoms with Crippen molar-refractivity contribution in [2.75, 3.05) is 27.2 Å². The van der Waals surface area contributed by atoms with Crippen LogP contribution in [0.5, 0.6) is 5.75 Å². The second-order valence-corrected chi connectivity index (χ2v) is 7.76. The van der Waals surface area contributed by atoms with Crippen LogP contribution in [0.1, 0.15) is 29.5 Å². The maximum absolute atomic E-state index is 10.3. The van der Waals surface area contributed by atoms with Gasteiger partial charge in [-0.05, 0) is 61.7 Å². The highest BCUT2D eigenvalue weighted by Gasteiger charge is 2.33. The number of methoxy groups -OCH3 is 1. The van der Waals surface area contributed by atoms with Gasteiger partial charge >= 0.3 is 0 Å². The third kappa shape index (κ3) is 5.28. The highest BCUT2D eigenvalue weighted by Crippen LogP contribution is 2.36. The van der Waals surface area contributed by atoms with Crippen LogP contribution in [0.4, 0.5) is 0 Å². The summed E-state index contributed by atoms with van der Waals surface area (Å²) < 4.78 is 5.32. The van der Waals surface area contributed by atoms with Crippen LogP contribution in [0.25, 0.3) is 0 Å². The van der Waals surface area contributed by atoms with Crippen LogP contribution in [0.15, 0.2) is 84.9 Å². The van der Waals surface area contributed by atoms with Gasteiger partial charge in [-0.3, -0.25) is 0 Å². The predicted octanol–water partition coefficient (Wildman–Crippen LogP) is 5.46. The summed E-state index contributed by atoms with van der Waals surface area (Å²) in [4.78, 5) is 2.34. The van der Waals surface area contributed by atoms with Crippen molar-refractivity contribution in [1.82, 2.24) is 4.90 Å². The van der Waals surface area contributed by atoms with E-state index < -0.39 is 5.41 Å². The minimum Gasteiger partial charge on any atom is -0.497 e. The van der Waals surface area contributed by atoms with Crippen LogP contribution in [0.3, 0.4) is 0 Å². The molecule has 154 valence electrons. The van der Waals surface area contributed by atoms with Crippen molar-refractivity contribution in [1.29, 1.82) is 5.26 Å². The molecule has 0 unspecified atom stereocenters. The van der Waals surface area contributed by atoms with E-state index in [9.17, 15) is 5.26 Å². The maximum atomic E-state index is 10.3. The van der Waals surface area contributed by atoms with Gasteiger partial charge in [0, 0.05) is 6.54 Å². The minimum atomic E-state index is -0.615. The first-order chi connectivity index (χ1) is 14.7. The zero-order chi connectivity index (χ0) is 21.2. The van der Waals surface area contributed by atoms with Crippen molar-refractivity contribution in [3.63, 3.8) is 0 Å². The van der Waals surface area contributed by atoms with Crippen LogP contribution >= 0.6 is 0 Å². The largest absolute Gasteiger partial charge is 0.497 e. The first-order valence-electron chi connectivity index (χ1n) is 10.5. The molecule has 3 aromatic carbocycles. The molecule has 0 fully saturated rings. The number of ether oxygens (including phenoxy) is 1. The summed E-state index contributed by atoms with van der Waals surface area (Å²) in [6.07, 6.45) is 2.72. The second kappa shape index (κ2) is 10.6. The average Bonchev–Trinajstić information content (AvgIpc) is 2.82. The fraction of sp³-hybridized carbons (Fsp3) is 0.296. The molecule has 0 N–H and O–H groups in total. The van der Waals surface area contributed by atoms with Gasteiger partial charge in [0.1, 0.15) is 11.2 Å². The van der Waals surface area contributed by atoms with Crippen molar-refractivity contribution in [2.45, 2.75) is 24.7 Å². The second-order valence-electron chi connectivity index (χ2n) is 7.76. The van der Waals surface area contributed by atoms with E-state index in [2.05, 4.69) is 54.4 Å².